The highest BCUT2D eigenvalue weighted by atomic mass is 35.5. The summed E-state index contributed by atoms with van der Waals surface area (Å²) in [6, 6.07) is 6.83. The van der Waals surface area contributed by atoms with Gasteiger partial charge in [0.15, 0.2) is 0 Å². The van der Waals surface area contributed by atoms with Crippen LogP contribution in [0.25, 0.3) is 0 Å². The number of halogens is 1. The molecule has 21 heavy (non-hydrogen) atoms. The van der Waals surface area contributed by atoms with Crippen molar-refractivity contribution in [1.82, 2.24) is 9.80 Å². The number of carboxylic acids is 1. The average molecular weight is 311 g/mol. The van der Waals surface area contributed by atoms with E-state index in [1.807, 2.05) is 18.2 Å². The standard InChI is InChI=1S/C15H19ClN2O3/c1-17(9-11-4-2-5-12(16)8-11)14(19)10-18-7-3-6-13(18)15(20)21/h2,4-5,8,13H,3,6-7,9-10H2,1H3,(H,20,21). The van der Waals surface area contributed by atoms with Crippen LogP contribution in [-0.2, 0) is 16.1 Å². The Hall–Kier alpha value is -1.59. The van der Waals surface area contributed by atoms with Crippen molar-refractivity contribution in [2.45, 2.75) is 25.4 Å². The fourth-order valence-corrected chi connectivity index (χ4v) is 2.80. The number of aliphatic carboxylic acids is 1. The second-order valence-corrected chi connectivity index (χ2v) is 5.78. The van der Waals surface area contributed by atoms with E-state index >= 15 is 0 Å². The van der Waals surface area contributed by atoms with E-state index in [1.165, 1.54) is 0 Å². The zero-order valence-electron chi connectivity index (χ0n) is 12.0. The zero-order chi connectivity index (χ0) is 15.4. The minimum Gasteiger partial charge on any atom is -0.480 e. The van der Waals surface area contributed by atoms with E-state index in [-0.39, 0.29) is 12.5 Å². The Kier molecular flexibility index (Phi) is 5.20. The lowest BCUT2D eigenvalue weighted by Gasteiger charge is -2.24. The first-order chi connectivity index (χ1) is 9.97. The third-order valence-corrected chi connectivity index (χ3v) is 3.96. The largest absolute Gasteiger partial charge is 0.480 e. The quantitative estimate of drug-likeness (QED) is 0.901. The first-order valence-corrected chi connectivity index (χ1v) is 7.30. The third-order valence-electron chi connectivity index (χ3n) is 3.72. The third kappa shape index (κ3) is 4.19. The Morgan fingerprint density at radius 3 is 2.90 bits per heavy atom. The molecular weight excluding hydrogens is 292 g/mol. The van der Waals surface area contributed by atoms with Gasteiger partial charge in [-0.05, 0) is 37.1 Å². The number of likely N-dealkylation sites (N-methyl/N-ethyl adjacent to an activating group) is 1. The summed E-state index contributed by atoms with van der Waals surface area (Å²) in [6.45, 7) is 1.27. The van der Waals surface area contributed by atoms with Crippen LogP contribution in [0.5, 0.6) is 0 Å². The normalized spacial score (nSPS) is 18.7. The number of rotatable bonds is 5. The van der Waals surface area contributed by atoms with E-state index in [4.69, 9.17) is 16.7 Å². The van der Waals surface area contributed by atoms with Crippen molar-refractivity contribution in [1.29, 1.82) is 0 Å². The monoisotopic (exact) mass is 310 g/mol. The highest BCUT2D eigenvalue weighted by Crippen LogP contribution is 2.17. The number of amides is 1. The molecule has 5 nitrogen and oxygen atoms in total. The van der Waals surface area contributed by atoms with E-state index in [1.54, 1.807) is 22.9 Å². The highest BCUT2D eigenvalue weighted by molar-refractivity contribution is 6.30. The fourth-order valence-electron chi connectivity index (χ4n) is 2.59. The smallest absolute Gasteiger partial charge is 0.320 e. The van der Waals surface area contributed by atoms with Gasteiger partial charge in [-0.3, -0.25) is 14.5 Å². The summed E-state index contributed by atoms with van der Waals surface area (Å²) >= 11 is 5.92. The van der Waals surface area contributed by atoms with Gasteiger partial charge in [0.2, 0.25) is 5.91 Å². The molecule has 1 aliphatic rings. The van der Waals surface area contributed by atoms with Gasteiger partial charge in [-0.25, -0.2) is 0 Å². The van der Waals surface area contributed by atoms with Gasteiger partial charge in [0.25, 0.3) is 0 Å². The van der Waals surface area contributed by atoms with Crippen molar-refractivity contribution < 1.29 is 14.7 Å². The van der Waals surface area contributed by atoms with Gasteiger partial charge >= 0.3 is 5.97 Å². The van der Waals surface area contributed by atoms with E-state index < -0.39 is 12.0 Å². The molecule has 1 saturated heterocycles. The molecule has 1 atom stereocenters. The lowest BCUT2D eigenvalue weighted by molar-refractivity contribution is -0.143. The number of carboxylic acid groups (broad SMARTS) is 1. The minimum absolute atomic E-state index is 0.0804. The number of nitrogens with zero attached hydrogens (tertiary/aromatic N) is 2. The molecule has 2 rings (SSSR count). The molecule has 1 fully saturated rings. The SMILES string of the molecule is CN(Cc1cccc(Cl)c1)C(=O)CN1CCCC1C(=O)O. The second kappa shape index (κ2) is 6.91. The molecule has 0 bridgehead atoms. The van der Waals surface area contributed by atoms with Gasteiger partial charge in [0, 0.05) is 18.6 Å². The van der Waals surface area contributed by atoms with Crippen molar-refractivity contribution in [2.24, 2.45) is 0 Å². The maximum atomic E-state index is 12.2. The Bertz CT molecular complexity index is 535. The van der Waals surface area contributed by atoms with Crippen molar-refractivity contribution in [3.05, 3.63) is 34.9 Å². The van der Waals surface area contributed by atoms with Gasteiger partial charge < -0.3 is 10.0 Å². The Morgan fingerprint density at radius 1 is 1.48 bits per heavy atom. The van der Waals surface area contributed by atoms with E-state index in [2.05, 4.69) is 0 Å². The van der Waals surface area contributed by atoms with Crippen LogP contribution in [0.1, 0.15) is 18.4 Å². The van der Waals surface area contributed by atoms with E-state index in [0.717, 1.165) is 12.0 Å². The van der Waals surface area contributed by atoms with Crippen LogP contribution >= 0.6 is 11.6 Å². The predicted molar refractivity (Wildman–Crippen MR) is 80.2 cm³/mol. The van der Waals surface area contributed by atoms with Crippen LogP contribution in [0.2, 0.25) is 5.02 Å². The predicted octanol–water partition coefficient (Wildman–Crippen LogP) is 1.85. The topological polar surface area (TPSA) is 60.9 Å². The van der Waals surface area contributed by atoms with E-state index in [9.17, 15) is 9.59 Å². The van der Waals surface area contributed by atoms with Gasteiger partial charge in [-0.2, -0.15) is 0 Å². The van der Waals surface area contributed by atoms with Gasteiger partial charge in [-0.15, -0.1) is 0 Å². The molecule has 1 amide bonds. The molecule has 1 aromatic carbocycles. The maximum absolute atomic E-state index is 12.2. The first kappa shape index (κ1) is 15.8. The number of hydrogen-bond donors (Lipinski definition) is 1. The highest BCUT2D eigenvalue weighted by Gasteiger charge is 2.32. The number of hydrogen-bond acceptors (Lipinski definition) is 3. The summed E-state index contributed by atoms with van der Waals surface area (Å²) in [5.74, 6) is -0.930. The molecule has 0 aromatic heterocycles. The summed E-state index contributed by atoms with van der Waals surface area (Å²) in [5.41, 5.74) is 0.953. The van der Waals surface area contributed by atoms with Crippen LogP contribution in [0.3, 0.4) is 0 Å². The zero-order valence-corrected chi connectivity index (χ0v) is 12.7. The van der Waals surface area contributed by atoms with Gasteiger partial charge in [0.05, 0.1) is 6.54 Å². The molecule has 1 aliphatic heterocycles. The summed E-state index contributed by atoms with van der Waals surface area (Å²) < 4.78 is 0. The molecule has 1 unspecified atom stereocenters. The molecule has 0 aliphatic carbocycles. The molecule has 114 valence electrons. The molecular formula is C15H19ClN2O3. The van der Waals surface area contributed by atoms with Crippen molar-refractivity contribution in [3.63, 3.8) is 0 Å². The molecule has 1 aromatic rings. The number of likely N-dealkylation sites (tertiary alicyclic amines) is 1. The first-order valence-electron chi connectivity index (χ1n) is 6.92. The molecule has 0 radical (unpaired) electrons. The summed E-state index contributed by atoms with van der Waals surface area (Å²) in [6.07, 6.45) is 1.43. The van der Waals surface area contributed by atoms with Crippen LogP contribution in [0.15, 0.2) is 24.3 Å². The van der Waals surface area contributed by atoms with Gasteiger partial charge in [-0.1, -0.05) is 23.7 Å². The second-order valence-electron chi connectivity index (χ2n) is 5.35. The van der Waals surface area contributed by atoms with Crippen LogP contribution in [-0.4, -0.2) is 53.0 Å². The number of benzene rings is 1. The van der Waals surface area contributed by atoms with Crippen molar-refractivity contribution in [2.75, 3.05) is 20.1 Å². The Balaban J connectivity index is 1.92. The van der Waals surface area contributed by atoms with Crippen LogP contribution in [0.4, 0.5) is 0 Å². The summed E-state index contributed by atoms with van der Waals surface area (Å²) in [4.78, 5) is 26.7. The van der Waals surface area contributed by atoms with E-state index in [0.29, 0.717) is 24.5 Å². The van der Waals surface area contributed by atoms with Crippen molar-refractivity contribution >= 4 is 23.5 Å². The Labute approximate surface area is 129 Å². The maximum Gasteiger partial charge on any atom is 0.320 e. The molecule has 1 N–H and O–H groups in total. The molecule has 6 heteroatoms. The lowest BCUT2D eigenvalue weighted by Crippen LogP contribution is -2.43. The van der Waals surface area contributed by atoms with Gasteiger partial charge in [0.1, 0.15) is 6.04 Å². The number of carbonyl (C=O) groups is 2. The fraction of sp³-hybridized carbons (Fsp3) is 0.467. The minimum atomic E-state index is -0.849. The van der Waals surface area contributed by atoms with Crippen LogP contribution in [0, 0.1) is 0 Å². The number of carbonyl (C=O) groups excluding carboxylic acids is 1. The average Bonchev–Trinajstić information content (AvgIpc) is 2.87. The molecule has 1 heterocycles. The Morgan fingerprint density at radius 2 is 2.24 bits per heavy atom. The van der Waals surface area contributed by atoms with Crippen LogP contribution < -0.4 is 0 Å². The molecule has 0 spiro atoms. The lowest BCUT2D eigenvalue weighted by atomic mass is 10.2. The molecule has 0 saturated carbocycles. The summed E-state index contributed by atoms with van der Waals surface area (Å²) in [7, 11) is 1.72. The summed E-state index contributed by atoms with van der Waals surface area (Å²) in [5, 5.41) is 9.76. The van der Waals surface area contributed by atoms with Crippen molar-refractivity contribution in [3.8, 4) is 0 Å².